The molecule has 0 aliphatic heterocycles. The third-order valence-electron chi connectivity index (χ3n) is 4.82. The van der Waals surface area contributed by atoms with Gasteiger partial charge in [0.05, 0.1) is 0 Å². The van der Waals surface area contributed by atoms with Crippen molar-refractivity contribution in [3.8, 4) is 0 Å². The van der Waals surface area contributed by atoms with Gasteiger partial charge in [-0.3, -0.25) is 0 Å². The zero-order valence-corrected chi connectivity index (χ0v) is 11.5. The second kappa shape index (κ2) is 3.84. The summed E-state index contributed by atoms with van der Waals surface area (Å²) < 4.78 is 0. The molecule has 1 aliphatic carbocycles. The van der Waals surface area contributed by atoms with E-state index in [1.54, 1.807) is 11.1 Å². The summed E-state index contributed by atoms with van der Waals surface area (Å²) in [6.07, 6.45) is 2.55. The summed E-state index contributed by atoms with van der Waals surface area (Å²) in [6.45, 7) is 4.61. The maximum absolute atomic E-state index is 2.40. The first-order valence-corrected chi connectivity index (χ1v) is 7.19. The Balaban J connectivity index is 2.19. The lowest BCUT2D eigenvalue weighted by Gasteiger charge is -2.12. The van der Waals surface area contributed by atoms with Gasteiger partial charge in [0.1, 0.15) is 0 Å². The Morgan fingerprint density at radius 3 is 2.68 bits per heavy atom. The van der Waals surface area contributed by atoms with Gasteiger partial charge in [0.15, 0.2) is 0 Å². The summed E-state index contributed by atoms with van der Waals surface area (Å²) in [6, 6.07) is 15.8. The second-order valence-corrected chi connectivity index (χ2v) is 5.89. The van der Waals surface area contributed by atoms with E-state index in [4.69, 9.17) is 0 Å². The van der Waals surface area contributed by atoms with Crippen molar-refractivity contribution in [3.05, 3.63) is 59.2 Å². The van der Waals surface area contributed by atoms with Gasteiger partial charge in [0.2, 0.25) is 0 Å². The van der Waals surface area contributed by atoms with Crippen molar-refractivity contribution in [2.45, 2.75) is 32.6 Å². The van der Waals surface area contributed by atoms with Gasteiger partial charge in [-0.05, 0) is 70.0 Å². The van der Waals surface area contributed by atoms with Crippen LogP contribution < -0.4 is 0 Å². The average molecular weight is 246 g/mol. The van der Waals surface area contributed by atoms with E-state index < -0.39 is 0 Å². The van der Waals surface area contributed by atoms with Crippen molar-refractivity contribution in [1.29, 1.82) is 0 Å². The number of fused-ring (bicyclic) bond motifs is 4. The normalized spacial score (nSPS) is 18.1. The minimum Gasteiger partial charge on any atom is -0.0616 e. The Morgan fingerprint density at radius 2 is 1.79 bits per heavy atom. The van der Waals surface area contributed by atoms with Gasteiger partial charge in [0.25, 0.3) is 0 Å². The van der Waals surface area contributed by atoms with Crippen molar-refractivity contribution < 1.29 is 0 Å². The second-order valence-electron chi connectivity index (χ2n) is 5.89. The topological polar surface area (TPSA) is 0 Å². The molecule has 1 atom stereocenters. The SMILES string of the molecule is Cc1c2ccccc2cc2c3c(ccc12)C(C)CC3. The van der Waals surface area contributed by atoms with Crippen LogP contribution in [-0.4, -0.2) is 0 Å². The largest absolute Gasteiger partial charge is 0.0616 e. The van der Waals surface area contributed by atoms with Crippen molar-refractivity contribution in [2.24, 2.45) is 0 Å². The van der Waals surface area contributed by atoms with Crippen LogP contribution in [0, 0.1) is 6.92 Å². The Labute approximate surface area is 114 Å². The molecule has 0 bridgehead atoms. The molecule has 19 heavy (non-hydrogen) atoms. The smallest absolute Gasteiger partial charge is 0.0140 e. The van der Waals surface area contributed by atoms with Gasteiger partial charge >= 0.3 is 0 Å². The fourth-order valence-corrected chi connectivity index (χ4v) is 3.70. The molecule has 0 aromatic heterocycles. The highest BCUT2D eigenvalue weighted by molar-refractivity contribution is 6.03. The molecule has 4 rings (SSSR count). The van der Waals surface area contributed by atoms with Crippen LogP contribution in [0.4, 0.5) is 0 Å². The summed E-state index contributed by atoms with van der Waals surface area (Å²) in [5.74, 6) is 0.728. The molecule has 1 unspecified atom stereocenters. The third kappa shape index (κ3) is 1.46. The highest BCUT2D eigenvalue weighted by atomic mass is 14.3. The molecule has 0 radical (unpaired) electrons. The van der Waals surface area contributed by atoms with Crippen LogP contribution >= 0.6 is 0 Å². The molecule has 0 heteroatoms. The zero-order chi connectivity index (χ0) is 13.0. The maximum Gasteiger partial charge on any atom is -0.0140 e. The summed E-state index contributed by atoms with van der Waals surface area (Å²) in [4.78, 5) is 0. The lowest BCUT2D eigenvalue weighted by molar-refractivity contribution is 0.747. The standard InChI is InChI=1S/C19H18/c1-12-7-8-18-15(12)9-10-17-13(2)16-6-4-3-5-14(16)11-19(17)18/h3-6,9-12H,7-8H2,1-2H3. The molecule has 0 nitrogen and oxygen atoms in total. The Hall–Kier alpha value is -1.82. The molecule has 0 N–H and O–H groups in total. The third-order valence-corrected chi connectivity index (χ3v) is 4.82. The van der Waals surface area contributed by atoms with E-state index in [9.17, 15) is 0 Å². The molecular weight excluding hydrogens is 228 g/mol. The van der Waals surface area contributed by atoms with Crippen molar-refractivity contribution in [2.75, 3.05) is 0 Å². The Bertz CT molecular complexity index is 796. The molecule has 3 aromatic carbocycles. The predicted octanol–water partition coefficient (Wildman–Crippen LogP) is 5.35. The molecule has 0 spiro atoms. The number of rotatable bonds is 0. The summed E-state index contributed by atoms with van der Waals surface area (Å²) in [5.41, 5.74) is 4.59. The van der Waals surface area contributed by atoms with Crippen LogP contribution in [0.1, 0.15) is 36.0 Å². The molecule has 0 saturated carbocycles. The first-order chi connectivity index (χ1) is 9.25. The zero-order valence-electron chi connectivity index (χ0n) is 11.5. The average Bonchev–Trinajstić information content (AvgIpc) is 2.81. The number of hydrogen-bond donors (Lipinski definition) is 0. The molecule has 0 fully saturated rings. The molecule has 0 amide bonds. The molecule has 1 aliphatic rings. The molecule has 94 valence electrons. The van der Waals surface area contributed by atoms with Crippen LogP contribution in [0.15, 0.2) is 42.5 Å². The van der Waals surface area contributed by atoms with E-state index in [1.807, 2.05) is 0 Å². The van der Waals surface area contributed by atoms with Gasteiger partial charge in [-0.1, -0.05) is 43.3 Å². The van der Waals surface area contributed by atoms with Gasteiger partial charge in [-0.25, -0.2) is 0 Å². The molecule has 0 heterocycles. The summed E-state index contributed by atoms with van der Waals surface area (Å²) >= 11 is 0. The van der Waals surface area contributed by atoms with Crippen LogP contribution in [0.3, 0.4) is 0 Å². The predicted molar refractivity (Wildman–Crippen MR) is 82.9 cm³/mol. The quantitative estimate of drug-likeness (QED) is 0.469. The number of aryl methyl sites for hydroxylation is 2. The van der Waals surface area contributed by atoms with Crippen LogP contribution in [0.25, 0.3) is 21.5 Å². The minimum atomic E-state index is 0.728. The molecule has 3 aromatic rings. The van der Waals surface area contributed by atoms with Crippen molar-refractivity contribution >= 4 is 21.5 Å². The fraction of sp³-hybridized carbons (Fsp3) is 0.263. The van der Waals surface area contributed by atoms with Gasteiger partial charge in [0, 0.05) is 0 Å². The molecule has 0 saturated heterocycles. The highest BCUT2D eigenvalue weighted by Gasteiger charge is 2.21. The van der Waals surface area contributed by atoms with Crippen LogP contribution in [0.2, 0.25) is 0 Å². The van der Waals surface area contributed by atoms with Crippen LogP contribution in [-0.2, 0) is 6.42 Å². The van der Waals surface area contributed by atoms with E-state index in [1.165, 1.54) is 39.9 Å². The van der Waals surface area contributed by atoms with E-state index in [0.717, 1.165) is 5.92 Å². The Kier molecular flexibility index (Phi) is 2.23. The van der Waals surface area contributed by atoms with E-state index in [2.05, 4.69) is 56.3 Å². The monoisotopic (exact) mass is 246 g/mol. The first kappa shape index (κ1) is 11.0. The fourth-order valence-electron chi connectivity index (χ4n) is 3.70. The highest BCUT2D eigenvalue weighted by Crippen LogP contribution is 2.39. The maximum atomic E-state index is 2.40. The number of benzene rings is 3. The Morgan fingerprint density at radius 1 is 0.947 bits per heavy atom. The lowest BCUT2D eigenvalue weighted by Crippen LogP contribution is -1.90. The number of hydrogen-bond acceptors (Lipinski definition) is 0. The van der Waals surface area contributed by atoms with Crippen molar-refractivity contribution in [3.63, 3.8) is 0 Å². The van der Waals surface area contributed by atoms with E-state index in [-0.39, 0.29) is 0 Å². The van der Waals surface area contributed by atoms with Gasteiger partial charge in [-0.2, -0.15) is 0 Å². The van der Waals surface area contributed by atoms with Gasteiger partial charge in [-0.15, -0.1) is 0 Å². The van der Waals surface area contributed by atoms with E-state index >= 15 is 0 Å². The lowest BCUT2D eigenvalue weighted by atomic mass is 9.92. The van der Waals surface area contributed by atoms with Crippen LogP contribution in [0.5, 0.6) is 0 Å². The van der Waals surface area contributed by atoms with Gasteiger partial charge < -0.3 is 0 Å². The molecular formula is C19H18. The summed E-state index contributed by atoms with van der Waals surface area (Å²) in [7, 11) is 0. The summed E-state index contributed by atoms with van der Waals surface area (Å²) in [5, 5.41) is 5.69. The minimum absolute atomic E-state index is 0.728. The van der Waals surface area contributed by atoms with E-state index in [0.29, 0.717) is 0 Å². The van der Waals surface area contributed by atoms with Crippen molar-refractivity contribution in [1.82, 2.24) is 0 Å². The first-order valence-electron chi connectivity index (χ1n) is 7.19.